The molecule has 0 N–H and O–H groups in total. The van der Waals surface area contributed by atoms with E-state index in [1.165, 1.54) is 11.6 Å². The van der Waals surface area contributed by atoms with Gasteiger partial charge in [0.05, 0.1) is 11.1 Å². The van der Waals surface area contributed by atoms with Gasteiger partial charge >= 0.3 is 0 Å². The number of benzene rings is 2. The molecule has 2 aromatic carbocycles. The maximum atomic E-state index is 13.8. The summed E-state index contributed by atoms with van der Waals surface area (Å²) in [5.74, 6) is 0.219. The van der Waals surface area contributed by atoms with Crippen molar-refractivity contribution in [2.75, 3.05) is 0 Å². The maximum absolute atomic E-state index is 13.8. The molecule has 1 atom stereocenters. The maximum Gasteiger partial charge on any atom is 0.201 e. The average Bonchev–Trinajstić information content (AvgIpc) is 2.58. The molecule has 0 aliphatic carbocycles. The predicted octanol–water partition coefficient (Wildman–Crippen LogP) is 4.66. The first-order chi connectivity index (χ1) is 11.9. The number of fused-ring (bicyclic) bond motifs is 2. The highest BCUT2D eigenvalue weighted by Gasteiger charge is 2.36. The van der Waals surface area contributed by atoms with Gasteiger partial charge in [-0.3, -0.25) is 4.99 Å². The van der Waals surface area contributed by atoms with E-state index < -0.39 is 5.82 Å². The largest absolute Gasteiger partial charge is 0.274 e. The Balaban J connectivity index is 1.97. The lowest BCUT2D eigenvalue weighted by atomic mass is 9.78. The standard InChI is InChI=1S/C19H16BrFN4/c1-10-15-11(6-4-7-12(15)20)16(23-19(10,2)3)18-22-14-9-5-8-13(21)17(14)24-25-18/h4-10H,1-3H3. The van der Waals surface area contributed by atoms with Gasteiger partial charge in [-0.2, -0.15) is 0 Å². The van der Waals surface area contributed by atoms with Gasteiger partial charge < -0.3 is 0 Å². The normalized spacial score (nSPS) is 18.8. The quantitative estimate of drug-likeness (QED) is 0.598. The van der Waals surface area contributed by atoms with Crippen molar-refractivity contribution in [3.63, 3.8) is 0 Å². The molecule has 0 saturated heterocycles. The van der Waals surface area contributed by atoms with Crippen LogP contribution < -0.4 is 0 Å². The second-order valence-electron chi connectivity index (χ2n) is 6.78. The number of hydrogen-bond donors (Lipinski definition) is 0. The fraction of sp³-hybridized carbons (Fsp3) is 0.263. The van der Waals surface area contributed by atoms with Gasteiger partial charge in [-0.1, -0.05) is 41.1 Å². The summed E-state index contributed by atoms with van der Waals surface area (Å²) < 4.78 is 14.9. The molecule has 6 heteroatoms. The van der Waals surface area contributed by atoms with Crippen molar-refractivity contribution in [2.24, 2.45) is 4.99 Å². The molecule has 4 nitrogen and oxygen atoms in total. The van der Waals surface area contributed by atoms with E-state index in [1.807, 2.05) is 18.2 Å². The van der Waals surface area contributed by atoms with Crippen LogP contribution in [0.2, 0.25) is 0 Å². The van der Waals surface area contributed by atoms with Crippen LogP contribution in [0.3, 0.4) is 0 Å². The second kappa shape index (κ2) is 5.66. The molecule has 1 aliphatic rings. The van der Waals surface area contributed by atoms with Crippen LogP contribution in [-0.2, 0) is 0 Å². The summed E-state index contributed by atoms with van der Waals surface area (Å²) in [5, 5.41) is 8.20. The molecule has 2 heterocycles. The summed E-state index contributed by atoms with van der Waals surface area (Å²) in [7, 11) is 0. The molecule has 1 aliphatic heterocycles. The molecule has 1 aromatic heterocycles. The van der Waals surface area contributed by atoms with Gasteiger partial charge in [-0.25, -0.2) is 9.37 Å². The first-order valence-electron chi connectivity index (χ1n) is 8.06. The number of nitrogens with zero attached hydrogens (tertiary/aromatic N) is 4. The summed E-state index contributed by atoms with van der Waals surface area (Å²) in [5.41, 5.74) is 3.19. The molecular weight excluding hydrogens is 383 g/mol. The Morgan fingerprint density at radius 3 is 2.64 bits per heavy atom. The minimum Gasteiger partial charge on any atom is -0.274 e. The van der Waals surface area contributed by atoms with Crippen LogP contribution in [0.15, 0.2) is 45.9 Å². The zero-order chi connectivity index (χ0) is 17.8. The Morgan fingerprint density at radius 2 is 1.84 bits per heavy atom. The van der Waals surface area contributed by atoms with Crippen LogP contribution in [-0.4, -0.2) is 26.4 Å². The Bertz CT molecular complexity index is 1030. The van der Waals surface area contributed by atoms with Crippen LogP contribution >= 0.6 is 15.9 Å². The number of hydrogen-bond acceptors (Lipinski definition) is 4. The van der Waals surface area contributed by atoms with Gasteiger partial charge in [0.2, 0.25) is 5.82 Å². The summed E-state index contributed by atoms with van der Waals surface area (Å²) in [4.78, 5) is 9.43. The molecule has 1 unspecified atom stereocenters. The molecule has 126 valence electrons. The van der Waals surface area contributed by atoms with Crippen molar-refractivity contribution >= 4 is 32.7 Å². The van der Waals surface area contributed by atoms with Crippen molar-refractivity contribution in [3.8, 4) is 0 Å². The monoisotopic (exact) mass is 398 g/mol. The molecule has 4 rings (SSSR count). The lowest BCUT2D eigenvalue weighted by molar-refractivity contribution is 0.430. The lowest BCUT2D eigenvalue weighted by Gasteiger charge is -2.35. The zero-order valence-corrected chi connectivity index (χ0v) is 15.7. The van der Waals surface area contributed by atoms with E-state index in [0.29, 0.717) is 17.1 Å². The third-order valence-electron chi connectivity index (χ3n) is 4.85. The molecule has 25 heavy (non-hydrogen) atoms. The highest BCUT2D eigenvalue weighted by molar-refractivity contribution is 9.10. The SMILES string of the molecule is CC1c2c(Br)cccc2C(c2nnc3c(F)cccc3n2)=NC1(C)C. The first-order valence-corrected chi connectivity index (χ1v) is 8.86. The van der Waals surface area contributed by atoms with E-state index in [1.54, 1.807) is 12.1 Å². The number of halogens is 2. The van der Waals surface area contributed by atoms with Crippen LogP contribution in [0.5, 0.6) is 0 Å². The Hall–Kier alpha value is -2.21. The fourth-order valence-electron chi connectivity index (χ4n) is 3.18. The number of aliphatic imine (C=N–C) groups is 1. The van der Waals surface area contributed by atoms with Crippen molar-refractivity contribution in [1.82, 2.24) is 15.2 Å². The lowest BCUT2D eigenvalue weighted by Crippen LogP contribution is -2.34. The highest BCUT2D eigenvalue weighted by atomic mass is 79.9. The van der Waals surface area contributed by atoms with E-state index in [-0.39, 0.29) is 17.0 Å². The number of aromatic nitrogens is 3. The minimum absolute atomic E-state index is 0.171. The predicted molar refractivity (Wildman–Crippen MR) is 99.6 cm³/mol. The van der Waals surface area contributed by atoms with Gasteiger partial charge in [0, 0.05) is 16.0 Å². The second-order valence-corrected chi connectivity index (χ2v) is 7.63. The molecule has 0 spiro atoms. The van der Waals surface area contributed by atoms with Crippen molar-refractivity contribution in [2.45, 2.75) is 32.2 Å². The zero-order valence-electron chi connectivity index (χ0n) is 14.1. The van der Waals surface area contributed by atoms with E-state index in [9.17, 15) is 4.39 Å². The third-order valence-corrected chi connectivity index (χ3v) is 5.54. The minimum atomic E-state index is -0.424. The van der Waals surface area contributed by atoms with E-state index in [2.05, 4.69) is 51.9 Å². The first kappa shape index (κ1) is 16.3. The van der Waals surface area contributed by atoms with Gasteiger partial charge in [0.25, 0.3) is 0 Å². The topological polar surface area (TPSA) is 51.0 Å². The van der Waals surface area contributed by atoms with Gasteiger partial charge in [0.15, 0.2) is 5.82 Å². The molecular formula is C19H16BrFN4. The smallest absolute Gasteiger partial charge is 0.201 e. The Morgan fingerprint density at radius 1 is 1.08 bits per heavy atom. The average molecular weight is 399 g/mol. The van der Waals surface area contributed by atoms with Gasteiger partial charge in [-0.15, -0.1) is 10.2 Å². The molecule has 0 bridgehead atoms. The molecule has 0 saturated carbocycles. The molecule has 0 fully saturated rings. The van der Waals surface area contributed by atoms with Crippen LogP contribution in [0, 0.1) is 5.82 Å². The molecule has 0 amide bonds. The van der Waals surface area contributed by atoms with E-state index in [0.717, 1.165) is 10.0 Å². The summed E-state index contributed by atoms with van der Waals surface area (Å²) in [6.45, 7) is 6.35. The van der Waals surface area contributed by atoms with Crippen LogP contribution in [0.25, 0.3) is 11.0 Å². The summed E-state index contributed by atoms with van der Waals surface area (Å²) in [6.07, 6.45) is 0. The summed E-state index contributed by atoms with van der Waals surface area (Å²) in [6, 6.07) is 10.7. The highest BCUT2D eigenvalue weighted by Crippen LogP contribution is 2.41. The van der Waals surface area contributed by atoms with Gasteiger partial charge in [-0.05, 0) is 37.6 Å². The van der Waals surface area contributed by atoms with Gasteiger partial charge in [0.1, 0.15) is 11.2 Å². The van der Waals surface area contributed by atoms with E-state index in [4.69, 9.17) is 4.99 Å². The Labute approximate surface area is 153 Å². The van der Waals surface area contributed by atoms with E-state index >= 15 is 0 Å². The van der Waals surface area contributed by atoms with Crippen molar-refractivity contribution < 1.29 is 4.39 Å². The van der Waals surface area contributed by atoms with Crippen molar-refractivity contribution in [1.29, 1.82) is 0 Å². The van der Waals surface area contributed by atoms with Crippen LogP contribution in [0.4, 0.5) is 4.39 Å². The Kier molecular flexibility index (Phi) is 3.68. The van der Waals surface area contributed by atoms with Crippen LogP contribution in [0.1, 0.15) is 43.6 Å². The molecule has 3 aromatic rings. The van der Waals surface area contributed by atoms with Crippen molar-refractivity contribution in [3.05, 3.63) is 63.6 Å². The fourth-order valence-corrected chi connectivity index (χ4v) is 3.89. The third kappa shape index (κ3) is 2.56. The molecule has 0 radical (unpaired) electrons. The number of rotatable bonds is 1. The summed E-state index contributed by atoms with van der Waals surface area (Å²) >= 11 is 3.66.